The summed E-state index contributed by atoms with van der Waals surface area (Å²) < 4.78 is 0. The summed E-state index contributed by atoms with van der Waals surface area (Å²) in [4.78, 5) is 6.11. The minimum Gasteiger partial charge on any atom is -0.366 e. The molecule has 1 aromatic rings. The Kier molecular flexibility index (Phi) is 5.05. The summed E-state index contributed by atoms with van der Waals surface area (Å²) in [7, 11) is 0. The molecule has 0 radical (unpaired) electrons. The van der Waals surface area contributed by atoms with Crippen LogP contribution in [0.2, 0.25) is 0 Å². The van der Waals surface area contributed by atoms with Gasteiger partial charge in [0.15, 0.2) is 0 Å². The van der Waals surface area contributed by atoms with Gasteiger partial charge in [-0.05, 0) is 30.7 Å². The highest BCUT2D eigenvalue weighted by atomic mass is 32.1. The van der Waals surface area contributed by atoms with Gasteiger partial charge in [-0.25, -0.2) is 0 Å². The molecule has 0 saturated heterocycles. The highest BCUT2D eigenvalue weighted by molar-refractivity contribution is 7.10. The van der Waals surface area contributed by atoms with Crippen LogP contribution in [0.15, 0.2) is 22.5 Å². The second-order valence-electron chi connectivity index (χ2n) is 4.64. The third-order valence-electron chi connectivity index (χ3n) is 3.18. The Morgan fingerprint density at radius 3 is 3.12 bits per heavy atom. The first-order valence-corrected chi connectivity index (χ1v) is 7.61. The Morgan fingerprint density at radius 2 is 2.35 bits per heavy atom. The normalized spacial score (nSPS) is 18.3. The van der Waals surface area contributed by atoms with Crippen LogP contribution in [0.25, 0.3) is 0 Å². The number of hydrogen-bond acceptors (Lipinski definition) is 3. The summed E-state index contributed by atoms with van der Waals surface area (Å²) in [6, 6.07) is 4.84. The SMILES string of the molecule is CCCC(NC1=NCCCCC1)c1cccs1. The highest BCUT2D eigenvalue weighted by Crippen LogP contribution is 2.23. The molecule has 0 aliphatic carbocycles. The number of hydrogen-bond donors (Lipinski definition) is 1. The van der Waals surface area contributed by atoms with E-state index in [0.717, 1.165) is 13.0 Å². The zero-order valence-electron chi connectivity index (χ0n) is 10.6. The standard InChI is InChI=1S/C14H22N2S/c1-2-7-12(13-8-6-11-17-13)16-14-9-4-3-5-10-15-14/h6,8,11-12H,2-5,7,9-10H2,1H3,(H,15,16). The van der Waals surface area contributed by atoms with Crippen molar-refractivity contribution in [3.05, 3.63) is 22.4 Å². The molecule has 2 nitrogen and oxygen atoms in total. The van der Waals surface area contributed by atoms with Crippen molar-refractivity contribution < 1.29 is 0 Å². The smallest absolute Gasteiger partial charge is 0.0968 e. The molecule has 0 saturated carbocycles. The quantitative estimate of drug-likeness (QED) is 0.853. The van der Waals surface area contributed by atoms with Gasteiger partial charge < -0.3 is 5.32 Å². The molecule has 0 amide bonds. The first kappa shape index (κ1) is 12.6. The average Bonchev–Trinajstić information content (AvgIpc) is 2.75. The van der Waals surface area contributed by atoms with Crippen LogP contribution in [0.3, 0.4) is 0 Å². The van der Waals surface area contributed by atoms with E-state index in [1.807, 2.05) is 11.3 Å². The number of aliphatic imine (C=N–C) groups is 1. The van der Waals surface area contributed by atoms with Crippen molar-refractivity contribution in [2.45, 2.75) is 51.5 Å². The first-order valence-electron chi connectivity index (χ1n) is 6.73. The maximum atomic E-state index is 4.67. The Labute approximate surface area is 108 Å². The van der Waals surface area contributed by atoms with E-state index in [1.165, 1.54) is 42.8 Å². The summed E-state index contributed by atoms with van der Waals surface area (Å²) in [5.74, 6) is 1.23. The fourth-order valence-electron chi connectivity index (χ4n) is 2.26. The predicted octanol–water partition coefficient (Wildman–Crippen LogP) is 4.15. The second-order valence-corrected chi connectivity index (χ2v) is 5.62. The van der Waals surface area contributed by atoms with Crippen molar-refractivity contribution >= 4 is 17.2 Å². The van der Waals surface area contributed by atoms with Crippen molar-refractivity contribution in [1.29, 1.82) is 0 Å². The van der Waals surface area contributed by atoms with Crippen molar-refractivity contribution in [2.75, 3.05) is 6.54 Å². The number of nitrogens with zero attached hydrogens (tertiary/aromatic N) is 1. The molecule has 94 valence electrons. The van der Waals surface area contributed by atoms with Crippen LogP contribution in [0.4, 0.5) is 0 Å². The largest absolute Gasteiger partial charge is 0.366 e. The van der Waals surface area contributed by atoms with E-state index in [2.05, 4.69) is 34.7 Å². The molecule has 0 aromatic carbocycles. The van der Waals surface area contributed by atoms with Gasteiger partial charge in [-0.1, -0.05) is 25.8 Å². The Bertz CT molecular complexity index is 343. The highest BCUT2D eigenvalue weighted by Gasteiger charge is 2.14. The third-order valence-corrected chi connectivity index (χ3v) is 4.17. The molecule has 3 heteroatoms. The molecule has 0 bridgehead atoms. The molecule has 17 heavy (non-hydrogen) atoms. The monoisotopic (exact) mass is 250 g/mol. The van der Waals surface area contributed by atoms with Gasteiger partial charge in [-0.15, -0.1) is 11.3 Å². The molecule has 0 fully saturated rings. The zero-order valence-corrected chi connectivity index (χ0v) is 11.4. The lowest BCUT2D eigenvalue weighted by atomic mass is 10.1. The van der Waals surface area contributed by atoms with Crippen LogP contribution < -0.4 is 5.32 Å². The maximum Gasteiger partial charge on any atom is 0.0968 e. The number of nitrogens with one attached hydrogen (secondary N) is 1. The van der Waals surface area contributed by atoms with E-state index >= 15 is 0 Å². The van der Waals surface area contributed by atoms with Crippen molar-refractivity contribution in [2.24, 2.45) is 4.99 Å². The molecular formula is C14H22N2S. The minimum atomic E-state index is 0.469. The molecule has 2 heterocycles. The summed E-state index contributed by atoms with van der Waals surface area (Å²) in [6.45, 7) is 3.25. The molecule has 1 unspecified atom stereocenters. The maximum absolute atomic E-state index is 4.67. The van der Waals surface area contributed by atoms with Crippen molar-refractivity contribution in [1.82, 2.24) is 5.32 Å². The fourth-order valence-corrected chi connectivity index (χ4v) is 3.07. The zero-order chi connectivity index (χ0) is 11.9. The molecule has 1 N–H and O–H groups in total. The molecule has 1 atom stereocenters. The van der Waals surface area contributed by atoms with Gasteiger partial charge >= 0.3 is 0 Å². The molecule has 1 aliphatic rings. The molecule has 1 aromatic heterocycles. The van der Waals surface area contributed by atoms with E-state index in [4.69, 9.17) is 0 Å². The van der Waals surface area contributed by atoms with Gasteiger partial charge in [0.2, 0.25) is 0 Å². The number of thiophene rings is 1. The predicted molar refractivity (Wildman–Crippen MR) is 75.9 cm³/mol. The second kappa shape index (κ2) is 6.80. The van der Waals surface area contributed by atoms with Gasteiger partial charge in [0, 0.05) is 17.8 Å². The lowest BCUT2D eigenvalue weighted by molar-refractivity contribution is 0.583. The summed E-state index contributed by atoms with van der Waals surface area (Å²) in [6.07, 6.45) is 7.40. The van der Waals surface area contributed by atoms with Crippen LogP contribution in [-0.2, 0) is 0 Å². The van der Waals surface area contributed by atoms with Gasteiger partial charge in [0.25, 0.3) is 0 Å². The molecular weight excluding hydrogens is 228 g/mol. The minimum absolute atomic E-state index is 0.469. The summed E-state index contributed by atoms with van der Waals surface area (Å²) >= 11 is 1.85. The van der Waals surface area contributed by atoms with E-state index in [9.17, 15) is 0 Å². The van der Waals surface area contributed by atoms with Crippen LogP contribution in [0, 0.1) is 0 Å². The van der Waals surface area contributed by atoms with E-state index in [1.54, 1.807) is 0 Å². The lowest BCUT2D eigenvalue weighted by Crippen LogP contribution is -2.27. The Balaban J connectivity index is 1.99. The average molecular weight is 250 g/mol. The lowest BCUT2D eigenvalue weighted by Gasteiger charge is -2.19. The van der Waals surface area contributed by atoms with Gasteiger partial charge in [0.05, 0.1) is 11.9 Å². The van der Waals surface area contributed by atoms with Crippen LogP contribution >= 0.6 is 11.3 Å². The topological polar surface area (TPSA) is 24.4 Å². The van der Waals surface area contributed by atoms with Crippen molar-refractivity contribution in [3.8, 4) is 0 Å². The summed E-state index contributed by atoms with van der Waals surface area (Å²) in [5, 5.41) is 5.82. The molecule has 2 rings (SSSR count). The Hall–Kier alpha value is -0.830. The van der Waals surface area contributed by atoms with Gasteiger partial charge in [-0.3, -0.25) is 4.99 Å². The van der Waals surface area contributed by atoms with Gasteiger partial charge in [0.1, 0.15) is 0 Å². The van der Waals surface area contributed by atoms with E-state index in [-0.39, 0.29) is 0 Å². The summed E-state index contributed by atoms with van der Waals surface area (Å²) in [5.41, 5.74) is 0. The van der Waals surface area contributed by atoms with E-state index < -0.39 is 0 Å². The van der Waals surface area contributed by atoms with Crippen LogP contribution in [0.1, 0.15) is 56.4 Å². The van der Waals surface area contributed by atoms with Crippen LogP contribution in [0.5, 0.6) is 0 Å². The van der Waals surface area contributed by atoms with Crippen molar-refractivity contribution in [3.63, 3.8) is 0 Å². The molecule has 1 aliphatic heterocycles. The number of amidine groups is 1. The Morgan fingerprint density at radius 1 is 1.41 bits per heavy atom. The molecule has 0 spiro atoms. The van der Waals surface area contributed by atoms with E-state index in [0.29, 0.717) is 6.04 Å². The van der Waals surface area contributed by atoms with Gasteiger partial charge in [-0.2, -0.15) is 0 Å². The fraction of sp³-hybridized carbons (Fsp3) is 0.643. The first-order chi connectivity index (χ1) is 8.40. The third kappa shape index (κ3) is 3.84. The number of rotatable bonds is 4. The van der Waals surface area contributed by atoms with Crippen LogP contribution in [-0.4, -0.2) is 12.4 Å².